The molecule has 4 aliphatic carbocycles. The van der Waals surface area contributed by atoms with E-state index in [1.165, 1.54) is 55.5 Å². The number of allylic oxidation sites excluding steroid dienone is 4. The van der Waals surface area contributed by atoms with E-state index >= 15 is 8.78 Å². The number of aliphatic hydroxyl groups excluding tert-OH is 2. The SMILES string of the molecule is CCN(COCC(=O)C1(OCO)CCC2C3C[C@H](F)C4=CC(=O)C=CC4(C)[C@@]3(F)C(O)CC21C)C(=O)OCc1ccc(N(C(=O)CN(C(=O)OC(C)(C)C)C(=O)OC(C)(C)C)C(=O)OC(C)(C)C)cc1.Fc1ccccc1. The summed E-state index contributed by atoms with van der Waals surface area (Å²) >= 11 is 0. The van der Waals surface area contributed by atoms with Crippen molar-refractivity contribution in [1.82, 2.24) is 9.80 Å². The Morgan fingerprint density at radius 2 is 1.38 bits per heavy atom. The Morgan fingerprint density at radius 3 is 1.90 bits per heavy atom. The molecule has 77 heavy (non-hydrogen) atoms. The van der Waals surface area contributed by atoms with Crippen LogP contribution in [0.4, 0.5) is 38.0 Å². The highest BCUT2D eigenvalue weighted by molar-refractivity contribution is 6.14. The largest absolute Gasteiger partial charge is 0.444 e. The molecule has 0 radical (unpaired) electrons. The number of benzene rings is 2. The van der Waals surface area contributed by atoms with E-state index in [2.05, 4.69) is 0 Å². The quantitative estimate of drug-likeness (QED) is 0.141. The molecule has 0 spiro atoms. The first-order valence-electron chi connectivity index (χ1n) is 25.5. The average molecular weight is 1090 g/mol. The van der Waals surface area contributed by atoms with Gasteiger partial charge < -0.3 is 38.6 Å². The molecule has 0 aliphatic heterocycles. The van der Waals surface area contributed by atoms with Crippen molar-refractivity contribution in [2.45, 2.75) is 156 Å². The third-order valence-electron chi connectivity index (χ3n) is 14.3. The smallest absolute Gasteiger partial charge is 0.421 e. The predicted octanol–water partition coefficient (Wildman–Crippen LogP) is 9.48. The molecule has 5 amide bonds. The number of halogens is 3. The second-order valence-electron chi connectivity index (χ2n) is 23.0. The number of alkyl halides is 2. The van der Waals surface area contributed by atoms with Gasteiger partial charge in [-0.25, -0.2) is 42.1 Å². The van der Waals surface area contributed by atoms with Crippen LogP contribution >= 0.6 is 0 Å². The standard InChI is InChI=1S/C50H69F2N3O15.C6H5F/c1-13-53(28-65-27-38(59)49(67-29-56)21-19-33-34-23-36(51)35-22-32(57)18-20-47(35,11)50(34,52)37(58)24-48(33,49)12)40(61)66-26-30-14-16-31(17-15-30)55(43(64)70-46(8,9)10)39(60)25-54(41(62)68-44(2,3)4)42(63)69-45(5,6)7;7-6-4-2-1-3-5-6/h14-18,20,22,33-34,36-37,56,58H,13,19,21,23-29H2,1-12H3;1-5H/t33?,34?,36-,37?,47?,48?,49?,50-;/m0./s1. The van der Waals surface area contributed by atoms with Gasteiger partial charge in [0.1, 0.15) is 67.7 Å². The zero-order valence-corrected chi connectivity index (χ0v) is 46.0. The Labute approximate surface area is 447 Å². The number of aliphatic hydroxyl groups is 2. The van der Waals surface area contributed by atoms with Gasteiger partial charge in [0.15, 0.2) is 17.2 Å². The summed E-state index contributed by atoms with van der Waals surface area (Å²) in [5.41, 5.74) is -9.85. The van der Waals surface area contributed by atoms with Crippen molar-refractivity contribution in [2.24, 2.45) is 22.7 Å². The highest BCUT2D eigenvalue weighted by Gasteiger charge is 2.76. The molecule has 4 aliphatic rings. The molecule has 18 nitrogen and oxygen atoms in total. The van der Waals surface area contributed by atoms with Crippen LogP contribution in [0, 0.1) is 28.5 Å². The van der Waals surface area contributed by atoms with Crippen molar-refractivity contribution in [1.29, 1.82) is 0 Å². The van der Waals surface area contributed by atoms with Crippen molar-refractivity contribution in [3.63, 3.8) is 0 Å². The number of imide groups is 2. The van der Waals surface area contributed by atoms with Crippen LogP contribution in [0.2, 0.25) is 0 Å². The minimum atomic E-state index is -2.38. The second-order valence-corrected chi connectivity index (χ2v) is 23.0. The van der Waals surface area contributed by atoms with Crippen molar-refractivity contribution < 1.29 is 85.4 Å². The molecule has 0 saturated heterocycles. The lowest BCUT2D eigenvalue weighted by molar-refractivity contribution is -0.239. The fourth-order valence-corrected chi connectivity index (χ4v) is 10.8. The van der Waals surface area contributed by atoms with Gasteiger partial charge in [-0.2, -0.15) is 0 Å². The van der Waals surface area contributed by atoms with Crippen LogP contribution in [-0.4, -0.2) is 135 Å². The third-order valence-corrected chi connectivity index (χ3v) is 14.3. The van der Waals surface area contributed by atoms with Crippen molar-refractivity contribution in [3.05, 3.63) is 89.8 Å². The van der Waals surface area contributed by atoms with E-state index in [9.17, 15) is 48.2 Å². The van der Waals surface area contributed by atoms with Crippen molar-refractivity contribution in [3.8, 4) is 0 Å². The molecule has 424 valence electrons. The lowest BCUT2D eigenvalue weighted by Crippen LogP contribution is -2.70. The molecule has 0 heterocycles. The topological polar surface area (TPSA) is 225 Å². The van der Waals surface area contributed by atoms with Crippen LogP contribution in [0.3, 0.4) is 0 Å². The number of carbonyl (C=O) groups is 7. The van der Waals surface area contributed by atoms with Crippen LogP contribution < -0.4 is 4.90 Å². The Bertz CT molecular complexity index is 2530. The highest BCUT2D eigenvalue weighted by Crippen LogP contribution is 2.70. The van der Waals surface area contributed by atoms with Crippen molar-refractivity contribution in [2.75, 3.05) is 38.1 Å². The molecule has 2 aromatic rings. The van der Waals surface area contributed by atoms with Gasteiger partial charge in [0.05, 0.1) is 11.8 Å². The third kappa shape index (κ3) is 13.8. The van der Waals surface area contributed by atoms with Crippen molar-refractivity contribution >= 4 is 47.5 Å². The molecule has 8 atom stereocenters. The highest BCUT2D eigenvalue weighted by atomic mass is 19.1. The first-order chi connectivity index (χ1) is 35.7. The van der Waals surface area contributed by atoms with Gasteiger partial charge in [0, 0.05) is 23.3 Å². The second kappa shape index (κ2) is 23.8. The first kappa shape index (κ1) is 61.7. The molecule has 0 aromatic heterocycles. The van der Waals surface area contributed by atoms with Crippen LogP contribution in [0.1, 0.15) is 114 Å². The van der Waals surface area contributed by atoms with Gasteiger partial charge in [0.25, 0.3) is 5.91 Å². The molecular weight excluding hydrogens is 1010 g/mol. The fraction of sp³-hybridized carbons (Fsp3) is 0.589. The van der Waals surface area contributed by atoms with E-state index in [0.717, 1.165) is 11.0 Å². The number of amides is 5. The number of ether oxygens (including phenoxy) is 6. The number of hydrogen-bond donors (Lipinski definition) is 2. The molecular formula is C56H74F3N3O15. The summed E-state index contributed by atoms with van der Waals surface area (Å²) in [5.74, 6) is -4.06. The Hall–Kier alpha value is -6.16. The number of rotatable bonds is 13. The van der Waals surface area contributed by atoms with Gasteiger partial charge in [0.2, 0.25) is 0 Å². The monoisotopic (exact) mass is 1090 g/mol. The lowest BCUT2D eigenvalue weighted by Gasteiger charge is -2.63. The van der Waals surface area contributed by atoms with Gasteiger partial charge >= 0.3 is 24.4 Å². The summed E-state index contributed by atoms with van der Waals surface area (Å²) in [7, 11) is 0. The van der Waals surface area contributed by atoms with Gasteiger partial charge in [-0.1, -0.05) is 43.3 Å². The summed E-state index contributed by atoms with van der Waals surface area (Å²) < 4.78 is 78.8. The Kier molecular flexibility index (Phi) is 19.1. The molecule has 6 unspecified atom stereocenters. The van der Waals surface area contributed by atoms with Crippen LogP contribution in [-0.2, 0) is 49.4 Å². The lowest BCUT2D eigenvalue weighted by atomic mass is 9.44. The first-order valence-corrected chi connectivity index (χ1v) is 25.5. The zero-order chi connectivity index (χ0) is 57.7. The summed E-state index contributed by atoms with van der Waals surface area (Å²) in [5, 5.41) is 21.8. The normalized spacial score (nSPS) is 26.5. The number of carbonyl (C=O) groups excluding carboxylic acids is 7. The maximum absolute atomic E-state index is 17.6. The number of nitrogens with zero attached hydrogens (tertiary/aromatic N) is 3. The molecule has 3 fully saturated rings. The number of ketones is 2. The van der Waals surface area contributed by atoms with Gasteiger partial charge in [-0.3, -0.25) is 19.3 Å². The Balaban J connectivity index is 0.00000144. The van der Waals surface area contributed by atoms with E-state index in [-0.39, 0.29) is 55.9 Å². The molecule has 21 heteroatoms. The number of anilines is 1. The van der Waals surface area contributed by atoms with E-state index in [0.29, 0.717) is 15.4 Å². The number of fused-ring (bicyclic) bond motifs is 5. The summed E-state index contributed by atoms with van der Waals surface area (Å²) in [6.07, 6.45) is -4.47. The van der Waals surface area contributed by atoms with E-state index in [1.807, 2.05) is 0 Å². The van der Waals surface area contributed by atoms with Gasteiger partial charge in [-0.15, -0.1) is 0 Å². The van der Waals surface area contributed by atoms with E-state index in [4.69, 9.17) is 28.4 Å². The van der Waals surface area contributed by atoms with E-state index in [1.54, 1.807) is 94.4 Å². The minimum Gasteiger partial charge on any atom is -0.444 e. The fourth-order valence-electron chi connectivity index (χ4n) is 10.8. The summed E-state index contributed by atoms with van der Waals surface area (Å²) in [6, 6.07) is 13.6. The number of hydrogen-bond acceptors (Lipinski definition) is 15. The summed E-state index contributed by atoms with van der Waals surface area (Å²) in [6.45, 7) is 15.8. The van der Waals surface area contributed by atoms with E-state index < -0.39 is 132 Å². The van der Waals surface area contributed by atoms with Crippen LogP contribution in [0.25, 0.3) is 0 Å². The van der Waals surface area contributed by atoms with Crippen LogP contribution in [0.15, 0.2) is 78.4 Å². The average Bonchev–Trinajstić information content (AvgIpc) is 3.61. The Morgan fingerprint density at radius 1 is 0.805 bits per heavy atom. The molecule has 6 rings (SSSR count). The zero-order valence-electron chi connectivity index (χ0n) is 46.0. The van der Waals surface area contributed by atoms with Gasteiger partial charge in [-0.05, 0) is 155 Å². The minimum absolute atomic E-state index is 0.0134. The maximum Gasteiger partial charge on any atom is 0.421 e. The predicted molar refractivity (Wildman–Crippen MR) is 274 cm³/mol. The maximum atomic E-state index is 17.6. The molecule has 2 aromatic carbocycles. The summed E-state index contributed by atoms with van der Waals surface area (Å²) in [4.78, 5) is 95.8. The molecule has 0 bridgehead atoms. The molecule has 2 N–H and O–H groups in total. The molecule has 3 saturated carbocycles. The number of Topliss-reactive ketones (excluding diaryl/α,β-unsaturated/α-hetero) is 1. The van der Waals surface area contributed by atoms with Crippen LogP contribution in [0.5, 0.6) is 0 Å².